The zero-order valence-corrected chi connectivity index (χ0v) is 13.1. The molecule has 1 aromatic carbocycles. The van der Waals surface area contributed by atoms with Gasteiger partial charge in [-0.2, -0.15) is 0 Å². The van der Waals surface area contributed by atoms with Gasteiger partial charge in [-0.05, 0) is 36.3 Å². The molecule has 0 saturated heterocycles. The van der Waals surface area contributed by atoms with Gasteiger partial charge in [-0.15, -0.1) is 0 Å². The number of alkyl halides is 1. The van der Waals surface area contributed by atoms with Crippen molar-refractivity contribution in [3.05, 3.63) is 29.8 Å². The molecular weight excluding hydrogens is 286 g/mol. The van der Waals surface area contributed by atoms with Crippen LogP contribution >= 0.6 is 15.9 Å². The third-order valence-corrected chi connectivity index (χ3v) is 4.74. The molecule has 1 heterocycles. The maximum Gasteiger partial charge on any atom is 0.0399 e. The number of hydrogen-bond acceptors (Lipinski definition) is 1. The number of fused-ring (bicyclic) bond motifs is 1. The van der Waals surface area contributed by atoms with Gasteiger partial charge in [-0.1, -0.05) is 54.4 Å². The van der Waals surface area contributed by atoms with Crippen molar-refractivity contribution in [1.29, 1.82) is 0 Å². The van der Waals surface area contributed by atoms with Crippen molar-refractivity contribution in [3.63, 3.8) is 0 Å². The molecule has 0 fully saturated rings. The third-order valence-electron chi connectivity index (χ3n) is 3.83. The van der Waals surface area contributed by atoms with Crippen molar-refractivity contribution in [1.82, 2.24) is 0 Å². The van der Waals surface area contributed by atoms with Gasteiger partial charge in [0.25, 0.3) is 0 Å². The van der Waals surface area contributed by atoms with Gasteiger partial charge < -0.3 is 4.90 Å². The van der Waals surface area contributed by atoms with Gasteiger partial charge in [0.15, 0.2) is 0 Å². The molecule has 1 nitrogen and oxygen atoms in total. The molecule has 1 aliphatic rings. The van der Waals surface area contributed by atoms with Crippen LogP contribution in [0.4, 0.5) is 5.69 Å². The van der Waals surface area contributed by atoms with Gasteiger partial charge in [0, 0.05) is 24.1 Å². The van der Waals surface area contributed by atoms with Crippen molar-refractivity contribution >= 4 is 21.6 Å². The van der Waals surface area contributed by atoms with Crippen molar-refractivity contribution < 1.29 is 0 Å². The number of anilines is 1. The summed E-state index contributed by atoms with van der Waals surface area (Å²) < 4.78 is 0. The van der Waals surface area contributed by atoms with Crippen LogP contribution in [0.15, 0.2) is 24.3 Å². The monoisotopic (exact) mass is 309 g/mol. The molecule has 2 unspecified atom stereocenters. The van der Waals surface area contributed by atoms with E-state index in [2.05, 4.69) is 58.9 Å². The fourth-order valence-electron chi connectivity index (χ4n) is 3.02. The summed E-state index contributed by atoms with van der Waals surface area (Å²) in [6.45, 7) is 7.05. The Labute approximate surface area is 120 Å². The average Bonchev–Trinajstić information content (AvgIpc) is 2.38. The van der Waals surface area contributed by atoms with E-state index in [0.29, 0.717) is 0 Å². The smallest absolute Gasteiger partial charge is 0.0399 e. The van der Waals surface area contributed by atoms with Crippen LogP contribution in [0.25, 0.3) is 0 Å². The number of halogens is 1. The number of rotatable bonds is 5. The molecule has 0 saturated carbocycles. The summed E-state index contributed by atoms with van der Waals surface area (Å²) in [4.78, 5) is 2.60. The highest BCUT2D eigenvalue weighted by molar-refractivity contribution is 9.09. The van der Waals surface area contributed by atoms with Gasteiger partial charge in [0.1, 0.15) is 0 Å². The van der Waals surface area contributed by atoms with E-state index >= 15 is 0 Å². The Kier molecular flexibility index (Phi) is 5.11. The molecule has 1 aliphatic heterocycles. The van der Waals surface area contributed by atoms with Crippen LogP contribution in [0.2, 0.25) is 0 Å². The summed E-state index contributed by atoms with van der Waals surface area (Å²) >= 11 is 3.67. The molecule has 2 atom stereocenters. The van der Waals surface area contributed by atoms with Crippen LogP contribution < -0.4 is 4.90 Å². The van der Waals surface area contributed by atoms with E-state index in [-0.39, 0.29) is 0 Å². The Balaban J connectivity index is 2.13. The summed E-state index contributed by atoms with van der Waals surface area (Å²) in [5, 5.41) is 1.12. The molecule has 1 aromatic rings. The SMILES string of the molecule is CCCC(CBr)CN1CC(C)Cc2ccccc21. The predicted molar refractivity (Wildman–Crippen MR) is 83.7 cm³/mol. The Morgan fingerprint density at radius 2 is 2.17 bits per heavy atom. The summed E-state index contributed by atoms with van der Waals surface area (Å²) in [5.74, 6) is 1.55. The second kappa shape index (κ2) is 6.60. The normalized spacial score (nSPS) is 20.6. The van der Waals surface area contributed by atoms with E-state index in [1.807, 2.05) is 0 Å². The van der Waals surface area contributed by atoms with E-state index in [0.717, 1.165) is 17.2 Å². The van der Waals surface area contributed by atoms with Gasteiger partial charge in [-0.3, -0.25) is 0 Å². The van der Waals surface area contributed by atoms with Crippen LogP contribution in [-0.2, 0) is 6.42 Å². The highest BCUT2D eigenvalue weighted by atomic mass is 79.9. The van der Waals surface area contributed by atoms with Gasteiger partial charge in [0.05, 0.1) is 0 Å². The molecule has 0 radical (unpaired) electrons. The average molecular weight is 310 g/mol. The van der Waals surface area contributed by atoms with Crippen molar-refractivity contribution in [2.45, 2.75) is 33.1 Å². The minimum atomic E-state index is 0.772. The van der Waals surface area contributed by atoms with Crippen molar-refractivity contribution in [2.24, 2.45) is 11.8 Å². The highest BCUT2D eigenvalue weighted by Crippen LogP contribution is 2.30. The Morgan fingerprint density at radius 1 is 1.39 bits per heavy atom. The molecule has 0 aromatic heterocycles. The highest BCUT2D eigenvalue weighted by Gasteiger charge is 2.23. The first kappa shape index (κ1) is 13.9. The largest absolute Gasteiger partial charge is 0.371 e. The first-order valence-electron chi connectivity index (χ1n) is 7.13. The number of nitrogens with zero attached hydrogens (tertiary/aromatic N) is 1. The van der Waals surface area contributed by atoms with Gasteiger partial charge >= 0.3 is 0 Å². The van der Waals surface area contributed by atoms with Gasteiger partial charge in [-0.25, -0.2) is 0 Å². The lowest BCUT2D eigenvalue weighted by Gasteiger charge is -2.37. The lowest BCUT2D eigenvalue weighted by atomic mass is 9.92. The van der Waals surface area contributed by atoms with Crippen LogP contribution in [-0.4, -0.2) is 18.4 Å². The summed E-state index contributed by atoms with van der Waals surface area (Å²) in [7, 11) is 0. The number of benzene rings is 1. The summed E-state index contributed by atoms with van der Waals surface area (Å²) in [5.41, 5.74) is 3.00. The van der Waals surface area contributed by atoms with Crippen LogP contribution in [0, 0.1) is 11.8 Å². The lowest BCUT2D eigenvalue weighted by Crippen LogP contribution is -2.38. The molecule has 0 bridgehead atoms. The summed E-state index contributed by atoms with van der Waals surface area (Å²) in [6, 6.07) is 8.92. The predicted octanol–water partition coefficient (Wildman–Crippen LogP) is 4.50. The van der Waals surface area contributed by atoms with Crippen molar-refractivity contribution in [2.75, 3.05) is 23.3 Å². The fourth-order valence-corrected chi connectivity index (χ4v) is 3.55. The minimum absolute atomic E-state index is 0.772. The van der Waals surface area contributed by atoms with E-state index in [1.165, 1.54) is 43.6 Å². The zero-order valence-electron chi connectivity index (χ0n) is 11.5. The van der Waals surface area contributed by atoms with Gasteiger partial charge in [0.2, 0.25) is 0 Å². The lowest BCUT2D eigenvalue weighted by molar-refractivity contribution is 0.471. The molecule has 0 amide bonds. The zero-order chi connectivity index (χ0) is 13.0. The summed E-state index contributed by atoms with van der Waals surface area (Å²) in [6.07, 6.45) is 3.83. The molecular formula is C16H24BrN. The number of hydrogen-bond donors (Lipinski definition) is 0. The topological polar surface area (TPSA) is 3.24 Å². The van der Waals surface area contributed by atoms with E-state index in [9.17, 15) is 0 Å². The van der Waals surface area contributed by atoms with E-state index < -0.39 is 0 Å². The van der Waals surface area contributed by atoms with E-state index in [1.54, 1.807) is 0 Å². The molecule has 0 N–H and O–H groups in total. The second-order valence-corrected chi connectivity index (χ2v) is 6.30. The molecule has 0 aliphatic carbocycles. The van der Waals surface area contributed by atoms with Crippen LogP contribution in [0.1, 0.15) is 32.3 Å². The Hall–Kier alpha value is -0.500. The molecule has 2 rings (SSSR count). The first-order valence-corrected chi connectivity index (χ1v) is 8.25. The maximum absolute atomic E-state index is 3.67. The third kappa shape index (κ3) is 3.28. The van der Waals surface area contributed by atoms with Crippen molar-refractivity contribution in [3.8, 4) is 0 Å². The number of para-hydroxylation sites is 1. The standard InChI is InChI=1S/C16H24BrN/c1-3-6-14(10-17)12-18-11-13(2)9-15-7-4-5-8-16(15)18/h4-5,7-8,13-14H,3,6,9-12H2,1-2H3. The van der Waals surface area contributed by atoms with Crippen LogP contribution in [0.3, 0.4) is 0 Å². The second-order valence-electron chi connectivity index (χ2n) is 5.65. The molecule has 2 heteroatoms. The first-order chi connectivity index (χ1) is 8.74. The fraction of sp³-hybridized carbons (Fsp3) is 0.625. The van der Waals surface area contributed by atoms with E-state index in [4.69, 9.17) is 0 Å². The molecule has 18 heavy (non-hydrogen) atoms. The quantitative estimate of drug-likeness (QED) is 0.724. The van der Waals surface area contributed by atoms with Crippen LogP contribution in [0.5, 0.6) is 0 Å². The molecule has 0 spiro atoms. The minimum Gasteiger partial charge on any atom is -0.371 e. The Bertz CT molecular complexity index is 377. The molecule has 100 valence electrons. The Morgan fingerprint density at radius 3 is 2.89 bits per heavy atom. The maximum atomic E-state index is 3.67.